The average Bonchev–Trinajstić information content (AvgIpc) is 2.48. The highest BCUT2D eigenvalue weighted by atomic mass is 16.4. The van der Waals surface area contributed by atoms with Gasteiger partial charge in [-0.2, -0.15) is 0 Å². The second-order valence-electron chi connectivity index (χ2n) is 5.07. The third-order valence-corrected chi connectivity index (χ3v) is 3.46. The molecule has 1 aliphatic rings. The highest BCUT2D eigenvalue weighted by molar-refractivity contribution is 5.82. The zero-order valence-electron chi connectivity index (χ0n) is 12.0. The Balaban J connectivity index is 1.86. The lowest BCUT2D eigenvalue weighted by atomic mass is 10.2. The van der Waals surface area contributed by atoms with E-state index in [1.807, 2.05) is 23.1 Å². The largest absolute Gasteiger partial charge is 0.480 e. The second-order valence-corrected chi connectivity index (χ2v) is 5.07. The van der Waals surface area contributed by atoms with E-state index in [1.54, 1.807) is 6.20 Å². The third-order valence-electron chi connectivity index (χ3n) is 3.46. The van der Waals surface area contributed by atoms with Crippen LogP contribution in [0.5, 0.6) is 0 Å². The third kappa shape index (κ3) is 4.42. The Bertz CT molecular complexity index is 486. The van der Waals surface area contributed by atoms with E-state index in [0.717, 1.165) is 32.0 Å². The maximum atomic E-state index is 11.1. The first-order valence-corrected chi connectivity index (χ1v) is 6.94. The summed E-state index contributed by atoms with van der Waals surface area (Å²) in [6, 6.07) is 4.94. The molecule has 1 amide bonds. The lowest BCUT2D eigenvalue weighted by molar-refractivity contribution is -0.142. The Hall–Kier alpha value is -2.15. The molecule has 1 aromatic rings. The minimum absolute atomic E-state index is 0.324. The molecule has 0 aromatic carbocycles. The van der Waals surface area contributed by atoms with Gasteiger partial charge in [0.05, 0.1) is 0 Å². The smallest absolute Gasteiger partial charge is 0.327 e. The standard InChI is InChI=1S/C14H20N4O3/c1-11(19)16-12(14(20)21)10-17-6-8-18(9-7-17)13-4-2-3-5-15-13/h2-5,12H,6-10H2,1H3,(H,16,19)(H,20,21). The highest BCUT2D eigenvalue weighted by Crippen LogP contribution is 2.12. The number of carboxylic acid groups (broad SMARTS) is 1. The summed E-state index contributed by atoms with van der Waals surface area (Å²) in [5.41, 5.74) is 0. The van der Waals surface area contributed by atoms with E-state index in [1.165, 1.54) is 6.92 Å². The molecule has 7 heteroatoms. The molecule has 7 nitrogen and oxygen atoms in total. The average molecular weight is 292 g/mol. The predicted molar refractivity (Wildman–Crippen MR) is 78.1 cm³/mol. The highest BCUT2D eigenvalue weighted by Gasteiger charge is 2.25. The van der Waals surface area contributed by atoms with Crippen molar-refractivity contribution in [2.75, 3.05) is 37.6 Å². The molecule has 114 valence electrons. The molecule has 1 aliphatic heterocycles. The number of rotatable bonds is 5. The molecule has 1 aromatic heterocycles. The topological polar surface area (TPSA) is 85.8 Å². The van der Waals surface area contributed by atoms with Crippen molar-refractivity contribution in [1.82, 2.24) is 15.2 Å². The molecular formula is C14H20N4O3. The van der Waals surface area contributed by atoms with Crippen LogP contribution in [0, 0.1) is 0 Å². The van der Waals surface area contributed by atoms with Gasteiger partial charge in [0, 0.05) is 45.8 Å². The molecule has 2 rings (SSSR count). The zero-order valence-corrected chi connectivity index (χ0v) is 12.0. The molecule has 1 fully saturated rings. The Morgan fingerprint density at radius 2 is 2.05 bits per heavy atom. The number of carboxylic acids is 1. The molecule has 0 bridgehead atoms. The van der Waals surface area contributed by atoms with Gasteiger partial charge in [-0.25, -0.2) is 9.78 Å². The number of amides is 1. The summed E-state index contributed by atoms with van der Waals surface area (Å²) in [5.74, 6) is -0.388. The molecule has 0 saturated carbocycles. The van der Waals surface area contributed by atoms with Crippen molar-refractivity contribution < 1.29 is 14.7 Å². The van der Waals surface area contributed by atoms with Crippen molar-refractivity contribution in [3.63, 3.8) is 0 Å². The number of nitrogens with one attached hydrogen (secondary N) is 1. The van der Waals surface area contributed by atoms with Crippen LogP contribution in [0.1, 0.15) is 6.92 Å². The molecule has 0 radical (unpaired) electrons. The van der Waals surface area contributed by atoms with E-state index in [9.17, 15) is 9.59 Å². The summed E-state index contributed by atoms with van der Waals surface area (Å²) in [6.07, 6.45) is 1.76. The van der Waals surface area contributed by atoms with Crippen molar-refractivity contribution in [2.24, 2.45) is 0 Å². The number of hydrogen-bond acceptors (Lipinski definition) is 5. The molecule has 2 N–H and O–H groups in total. The number of piperazine rings is 1. The number of carbonyl (C=O) groups is 2. The van der Waals surface area contributed by atoms with Crippen molar-refractivity contribution in [3.05, 3.63) is 24.4 Å². The number of anilines is 1. The molecule has 0 spiro atoms. The summed E-state index contributed by atoms with van der Waals surface area (Å²) >= 11 is 0. The number of carbonyl (C=O) groups excluding carboxylic acids is 1. The van der Waals surface area contributed by atoms with Gasteiger partial charge >= 0.3 is 5.97 Å². The zero-order chi connectivity index (χ0) is 15.2. The van der Waals surface area contributed by atoms with Crippen LogP contribution >= 0.6 is 0 Å². The van der Waals surface area contributed by atoms with Gasteiger partial charge < -0.3 is 15.3 Å². The Labute approximate surface area is 123 Å². The lowest BCUT2D eigenvalue weighted by Crippen LogP contribution is -2.53. The molecular weight excluding hydrogens is 272 g/mol. The first-order valence-electron chi connectivity index (χ1n) is 6.94. The maximum Gasteiger partial charge on any atom is 0.327 e. The van der Waals surface area contributed by atoms with Crippen molar-refractivity contribution in [1.29, 1.82) is 0 Å². The minimum Gasteiger partial charge on any atom is -0.480 e. The van der Waals surface area contributed by atoms with Crippen LogP contribution in [0.2, 0.25) is 0 Å². The van der Waals surface area contributed by atoms with Gasteiger partial charge in [0.1, 0.15) is 11.9 Å². The van der Waals surface area contributed by atoms with E-state index in [2.05, 4.69) is 15.2 Å². The van der Waals surface area contributed by atoms with E-state index in [-0.39, 0.29) is 5.91 Å². The van der Waals surface area contributed by atoms with Crippen molar-refractivity contribution >= 4 is 17.7 Å². The van der Waals surface area contributed by atoms with Gasteiger partial charge in [-0.3, -0.25) is 9.69 Å². The first-order chi connectivity index (χ1) is 10.1. The van der Waals surface area contributed by atoms with E-state index < -0.39 is 12.0 Å². The molecule has 21 heavy (non-hydrogen) atoms. The fourth-order valence-corrected chi connectivity index (χ4v) is 2.39. The van der Waals surface area contributed by atoms with Crippen LogP contribution in [0.4, 0.5) is 5.82 Å². The number of aromatic nitrogens is 1. The number of hydrogen-bond donors (Lipinski definition) is 2. The minimum atomic E-state index is -1.00. The number of pyridine rings is 1. The monoisotopic (exact) mass is 292 g/mol. The van der Waals surface area contributed by atoms with E-state index >= 15 is 0 Å². The SMILES string of the molecule is CC(=O)NC(CN1CCN(c2ccccn2)CC1)C(=O)O. The summed E-state index contributed by atoms with van der Waals surface area (Å²) in [6.45, 7) is 4.74. The Kier molecular flexibility index (Phi) is 5.10. The van der Waals surface area contributed by atoms with Gasteiger partial charge in [-0.15, -0.1) is 0 Å². The van der Waals surface area contributed by atoms with Crippen LogP contribution in [0.25, 0.3) is 0 Å². The fourth-order valence-electron chi connectivity index (χ4n) is 2.39. The van der Waals surface area contributed by atoms with E-state index in [4.69, 9.17) is 5.11 Å². The van der Waals surface area contributed by atoms with Gasteiger partial charge in [-0.1, -0.05) is 6.07 Å². The van der Waals surface area contributed by atoms with Crippen LogP contribution in [0.15, 0.2) is 24.4 Å². The Morgan fingerprint density at radius 1 is 1.33 bits per heavy atom. The lowest BCUT2D eigenvalue weighted by Gasteiger charge is -2.36. The maximum absolute atomic E-state index is 11.1. The van der Waals surface area contributed by atoms with E-state index in [0.29, 0.717) is 6.54 Å². The van der Waals surface area contributed by atoms with Crippen molar-refractivity contribution in [2.45, 2.75) is 13.0 Å². The molecule has 0 aliphatic carbocycles. The summed E-state index contributed by atoms with van der Waals surface area (Å²) < 4.78 is 0. The predicted octanol–water partition coefficient (Wildman–Crippen LogP) is -0.207. The molecule has 2 heterocycles. The Morgan fingerprint density at radius 3 is 2.57 bits per heavy atom. The van der Waals surface area contributed by atoms with Gasteiger partial charge in [-0.05, 0) is 12.1 Å². The molecule has 1 unspecified atom stereocenters. The normalized spacial score (nSPS) is 17.3. The van der Waals surface area contributed by atoms with Crippen LogP contribution < -0.4 is 10.2 Å². The van der Waals surface area contributed by atoms with Crippen LogP contribution in [-0.2, 0) is 9.59 Å². The summed E-state index contributed by atoms with van der Waals surface area (Å²) in [4.78, 5) is 30.7. The van der Waals surface area contributed by atoms with Gasteiger partial charge in [0.15, 0.2) is 0 Å². The van der Waals surface area contributed by atoms with Crippen LogP contribution in [-0.4, -0.2) is 65.6 Å². The summed E-state index contributed by atoms with van der Waals surface area (Å²) in [5, 5.41) is 11.6. The first kappa shape index (κ1) is 15.2. The molecule has 1 atom stereocenters. The second kappa shape index (κ2) is 7.03. The quantitative estimate of drug-likeness (QED) is 0.781. The number of nitrogens with zero attached hydrogens (tertiary/aromatic N) is 3. The van der Waals surface area contributed by atoms with Gasteiger partial charge in [0.2, 0.25) is 5.91 Å². The van der Waals surface area contributed by atoms with Gasteiger partial charge in [0.25, 0.3) is 0 Å². The van der Waals surface area contributed by atoms with Crippen molar-refractivity contribution in [3.8, 4) is 0 Å². The van der Waals surface area contributed by atoms with Crippen LogP contribution in [0.3, 0.4) is 0 Å². The summed E-state index contributed by atoms with van der Waals surface area (Å²) in [7, 11) is 0. The fraction of sp³-hybridized carbons (Fsp3) is 0.500. The number of aliphatic carboxylic acids is 1. The molecule has 1 saturated heterocycles.